The average molecular weight is 255 g/mol. The SMILES string of the molecule is COCCN(CCO)c1ccc(F)cc1C(=N)N. The van der Waals surface area contributed by atoms with Gasteiger partial charge in [0, 0.05) is 31.5 Å². The molecule has 0 atom stereocenters. The zero-order valence-electron chi connectivity index (χ0n) is 10.3. The molecule has 0 spiro atoms. The molecule has 5 nitrogen and oxygen atoms in total. The van der Waals surface area contributed by atoms with Crippen LogP contribution in [0.5, 0.6) is 0 Å². The van der Waals surface area contributed by atoms with Crippen LogP contribution in [0.1, 0.15) is 5.56 Å². The summed E-state index contributed by atoms with van der Waals surface area (Å²) in [6.07, 6.45) is 0. The van der Waals surface area contributed by atoms with Gasteiger partial charge in [0.15, 0.2) is 0 Å². The van der Waals surface area contributed by atoms with E-state index >= 15 is 0 Å². The topological polar surface area (TPSA) is 82.6 Å². The summed E-state index contributed by atoms with van der Waals surface area (Å²) in [5.74, 6) is -0.649. The summed E-state index contributed by atoms with van der Waals surface area (Å²) < 4.78 is 18.1. The van der Waals surface area contributed by atoms with Crippen molar-refractivity contribution in [3.63, 3.8) is 0 Å². The molecule has 1 rings (SSSR count). The predicted molar refractivity (Wildman–Crippen MR) is 68.6 cm³/mol. The Kier molecular flexibility index (Phi) is 5.54. The van der Waals surface area contributed by atoms with E-state index in [0.29, 0.717) is 30.9 Å². The van der Waals surface area contributed by atoms with Crippen molar-refractivity contribution in [2.75, 3.05) is 38.3 Å². The van der Waals surface area contributed by atoms with Gasteiger partial charge in [-0.2, -0.15) is 0 Å². The number of amidine groups is 1. The first-order valence-corrected chi connectivity index (χ1v) is 5.58. The number of aliphatic hydroxyl groups is 1. The molecule has 1 aromatic carbocycles. The standard InChI is InChI=1S/C12H18FN3O2/c1-18-7-5-16(4-6-17)11-3-2-9(13)8-10(11)12(14)15/h2-3,8,17H,4-7H2,1H3,(H3,14,15). The Morgan fingerprint density at radius 3 is 2.78 bits per heavy atom. The molecule has 1 aromatic rings. The van der Waals surface area contributed by atoms with Gasteiger partial charge in [-0.15, -0.1) is 0 Å². The van der Waals surface area contributed by atoms with Gasteiger partial charge in [-0.3, -0.25) is 5.41 Å². The Morgan fingerprint density at radius 1 is 1.50 bits per heavy atom. The zero-order chi connectivity index (χ0) is 13.5. The van der Waals surface area contributed by atoms with Crippen molar-refractivity contribution in [1.29, 1.82) is 5.41 Å². The van der Waals surface area contributed by atoms with Gasteiger partial charge in [-0.1, -0.05) is 0 Å². The number of methoxy groups -OCH3 is 1. The first-order chi connectivity index (χ1) is 8.60. The summed E-state index contributed by atoms with van der Waals surface area (Å²) in [6, 6.07) is 4.07. The van der Waals surface area contributed by atoms with Crippen LogP contribution in [0, 0.1) is 11.2 Å². The van der Waals surface area contributed by atoms with E-state index in [1.165, 1.54) is 12.1 Å². The number of nitrogens with zero attached hydrogens (tertiary/aromatic N) is 1. The number of hydrogen-bond acceptors (Lipinski definition) is 4. The van der Waals surface area contributed by atoms with Crippen LogP contribution in [-0.2, 0) is 4.74 Å². The van der Waals surface area contributed by atoms with Crippen LogP contribution in [-0.4, -0.2) is 44.4 Å². The minimum atomic E-state index is -0.445. The highest BCUT2D eigenvalue weighted by Gasteiger charge is 2.13. The van der Waals surface area contributed by atoms with Crippen LogP contribution in [0.4, 0.5) is 10.1 Å². The van der Waals surface area contributed by atoms with Gasteiger partial charge in [0.1, 0.15) is 11.7 Å². The molecule has 6 heteroatoms. The van der Waals surface area contributed by atoms with Crippen molar-refractivity contribution in [2.24, 2.45) is 5.73 Å². The molecule has 0 aliphatic rings. The lowest BCUT2D eigenvalue weighted by Crippen LogP contribution is -2.32. The molecule has 0 heterocycles. The maximum absolute atomic E-state index is 13.2. The molecule has 0 aliphatic carbocycles. The smallest absolute Gasteiger partial charge is 0.125 e. The van der Waals surface area contributed by atoms with Crippen molar-refractivity contribution in [3.8, 4) is 0 Å². The highest BCUT2D eigenvalue weighted by Crippen LogP contribution is 2.21. The Balaban J connectivity index is 3.05. The van der Waals surface area contributed by atoms with E-state index in [1.54, 1.807) is 18.1 Å². The lowest BCUT2D eigenvalue weighted by Gasteiger charge is -2.25. The molecule has 0 amide bonds. The molecule has 18 heavy (non-hydrogen) atoms. The zero-order valence-corrected chi connectivity index (χ0v) is 10.3. The van der Waals surface area contributed by atoms with Crippen LogP contribution < -0.4 is 10.6 Å². The number of nitrogens with two attached hydrogens (primary N) is 1. The van der Waals surface area contributed by atoms with E-state index in [0.717, 1.165) is 0 Å². The molecule has 0 saturated carbocycles. The molecular formula is C12H18FN3O2. The van der Waals surface area contributed by atoms with Gasteiger partial charge in [0.05, 0.1) is 13.2 Å². The molecule has 0 fully saturated rings. The summed E-state index contributed by atoms with van der Waals surface area (Å²) in [5.41, 5.74) is 6.38. The number of halogens is 1. The number of benzene rings is 1. The van der Waals surface area contributed by atoms with E-state index in [4.69, 9.17) is 21.0 Å². The summed E-state index contributed by atoms with van der Waals surface area (Å²) in [7, 11) is 1.58. The van der Waals surface area contributed by atoms with Gasteiger partial charge in [-0.05, 0) is 18.2 Å². The Morgan fingerprint density at radius 2 is 2.22 bits per heavy atom. The lowest BCUT2D eigenvalue weighted by molar-refractivity contribution is 0.203. The number of hydrogen-bond donors (Lipinski definition) is 3. The van der Waals surface area contributed by atoms with Crippen molar-refractivity contribution in [3.05, 3.63) is 29.6 Å². The highest BCUT2D eigenvalue weighted by atomic mass is 19.1. The third-order valence-corrected chi connectivity index (χ3v) is 2.52. The molecule has 0 bridgehead atoms. The largest absolute Gasteiger partial charge is 0.395 e. The van der Waals surface area contributed by atoms with Crippen molar-refractivity contribution < 1.29 is 14.2 Å². The van der Waals surface area contributed by atoms with E-state index in [-0.39, 0.29) is 12.4 Å². The van der Waals surface area contributed by atoms with E-state index in [9.17, 15) is 4.39 Å². The fourth-order valence-electron chi connectivity index (χ4n) is 1.67. The van der Waals surface area contributed by atoms with Crippen LogP contribution in [0.3, 0.4) is 0 Å². The first kappa shape index (κ1) is 14.4. The number of aliphatic hydroxyl groups excluding tert-OH is 1. The molecule has 100 valence electrons. The number of anilines is 1. The molecule has 0 aromatic heterocycles. The van der Waals surface area contributed by atoms with Crippen molar-refractivity contribution in [2.45, 2.75) is 0 Å². The summed E-state index contributed by atoms with van der Waals surface area (Å²) in [6.45, 7) is 1.32. The molecule has 4 N–H and O–H groups in total. The molecule has 0 unspecified atom stereocenters. The van der Waals surface area contributed by atoms with Gasteiger partial charge in [-0.25, -0.2) is 4.39 Å². The fourth-order valence-corrected chi connectivity index (χ4v) is 1.67. The quantitative estimate of drug-likeness (QED) is 0.491. The lowest BCUT2D eigenvalue weighted by atomic mass is 10.1. The highest BCUT2D eigenvalue weighted by molar-refractivity contribution is 6.00. The van der Waals surface area contributed by atoms with E-state index in [2.05, 4.69) is 0 Å². The maximum atomic E-state index is 13.2. The summed E-state index contributed by atoms with van der Waals surface area (Å²) >= 11 is 0. The fraction of sp³-hybridized carbons (Fsp3) is 0.417. The minimum absolute atomic E-state index is 0.0432. The van der Waals surface area contributed by atoms with Gasteiger partial charge in [0.2, 0.25) is 0 Å². The second-order valence-electron chi connectivity index (χ2n) is 3.78. The number of nitrogen functional groups attached to an aromatic ring is 1. The third kappa shape index (κ3) is 3.68. The second-order valence-corrected chi connectivity index (χ2v) is 3.78. The van der Waals surface area contributed by atoms with Crippen LogP contribution in [0.2, 0.25) is 0 Å². The third-order valence-electron chi connectivity index (χ3n) is 2.52. The Bertz CT molecular complexity index is 412. The number of rotatable bonds is 7. The Hall–Kier alpha value is -1.66. The van der Waals surface area contributed by atoms with Crippen LogP contribution in [0.15, 0.2) is 18.2 Å². The van der Waals surface area contributed by atoms with Crippen LogP contribution >= 0.6 is 0 Å². The molecular weight excluding hydrogens is 237 g/mol. The predicted octanol–water partition coefficient (Wildman–Crippen LogP) is 0.555. The number of ether oxygens (including phenoxy) is 1. The first-order valence-electron chi connectivity index (χ1n) is 5.58. The van der Waals surface area contributed by atoms with Crippen molar-refractivity contribution >= 4 is 11.5 Å². The minimum Gasteiger partial charge on any atom is -0.395 e. The molecule has 0 saturated heterocycles. The van der Waals surface area contributed by atoms with E-state index in [1.807, 2.05) is 0 Å². The maximum Gasteiger partial charge on any atom is 0.125 e. The normalized spacial score (nSPS) is 10.4. The molecule has 0 aliphatic heterocycles. The molecule has 0 radical (unpaired) electrons. The van der Waals surface area contributed by atoms with Crippen molar-refractivity contribution in [1.82, 2.24) is 0 Å². The second kappa shape index (κ2) is 6.93. The monoisotopic (exact) mass is 255 g/mol. The summed E-state index contributed by atoms with van der Waals surface area (Å²) in [4.78, 5) is 1.81. The average Bonchev–Trinajstić information content (AvgIpc) is 2.34. The van der Waals surface area contributed by atoms with Crippen LogP contribution in [0.25, 0.3) is 0 Å². The van der Waals surface area contributed by atoms with Gasteiger partial charge in [0.25, 0.3) is 0 Å². The number of nitrogens with one attached hydrogen (secondary N) is 1. The summed E-state index contributed by atoms with van der Waals surface area (Å²) in [5, 5.41) is 16.5. The van der Waals surface area contributed by atoms with Gasteiger partial charge >= 0.3 is 0 Å². The van der Waals surface area contributed by atoms with Gasteiger partial charge < -0.3 is 20.5 Å². The Labute approximate surface area is 105 Å². The van der Waals surface area contributed by atoms with E-state index < -0.39 is 5.82 Å².